The van der Waals surface area contributed by atoms with Crippen molar-refractivity contribution in [1.82, 2.24) is 9.97 Å². The van der Waals surface area contributed by atoms with E-state index < -0.39 is 0 Å². The average Bonchev–Trinajstić information content (AvgIpc) is 3.01. The van der Waals surface area contributed by atoms with E-state index >= 15 is 0 Å². The predicted octanol–water partition coefficient (Wildman–Crippen LogP) is 4.04. The lowest BCUT2D eigenvalue weighted by Crippen LogP contribution is -1.94. The van der Waals surface area contributed by atoms with Crippen LogP contribution < -0.4 is 14.2 Å². The molecule has 5 heteroatoms. The number of nitrogens with zero attached hydrogens (tertiary/aromatic N) is 1. The molecule has 120 valence electrons. The van der Waals surface area contributed by atoms with Gasteiger partial charge in [0.1, 0.15) is 11.6 Å². The summed E-state index contributed by atoms with van der Waals surface area (Å²) < 4.78 is 16.3. The van der Waals surface area contributed by atoms with Gasteiger partial charge in [-0.2, -0.15) is 0 Å². The molecule has 0 aliphatic carbocycles. The first kappa shape index (κ1) is 15.2. The predicted molar refractivity (Wildman–Crippen MR) is 90.4 cm³/mol. The lowest BCUT2D eigenvalue weighted by molar-refractivity contribution is 0.317. The Morgan fingerprint density at radius 1 is 1.04 bits per heavy atom. The molecule has 5 nitrogen and oxygen atoms in total. The van der Waals surface area contributed by atoms with Crippen LogP contribution >= 0.6 is 0 Å². The highest BCUT2D eigenvalue weighted by molar-refractivity contribution is 5.83. The van der Waals surface area contributed by atoms with Gasteiger partial charge in [-0.25, -0.2) is 4.98 Å². The van der Waals surface area contributed by atoms with Crippen molar-refractivity contribution in [1.29, 1.82) is 0 Å². The van der Waals surface area contributed by atoms with Crippen LogP contribution in [-0.4, -0.2) is 30.8 Å². The first-order chi connectivity index (χ1) is 11.2. The molecule has 0 fully saturated rings. The fourth-order valence-corrected chi connectivity index (χ4v) is 2.43. The molecule has 3 aromatic rings. The average molecular weight is 312 g/mol. The van der Waals surface area contributed by atoms with Crippen LogP contribution in [0.1, 0.15) is 13.3 Å². The molecule has 0 radical (unpaired) electrons. The van der Waals surface area contributed by atoms with Gasteiger partial charge in [0, 0.05) is 17.7 Å². The highest BCUT2D eigenvalue weighted by atomic mass is 16.5. The summed E-state index contributed by atoms with van der Waals surface area (Å²) in [5.74, 6) is 2.98. The van der Waals surface area contributed by atoms with Gasteiger partial charge < -0.3 is 19.2 Å². The second kappa shape index (κ2) is 6.60. The number of fused-ring (bicyclic) bond motifs is 1. The molecular formula is C18H20N2O3. The number of hydrogen-bond donors (Lipinski definition) is 1. The van der Waals surface area contributed by atoms with Crippen molar-refractivity contribution in [3.05, 3.63) is 36.4 Å². The topological polar surface area (TPSA) is 56.4 Å². The molecular weight excluding hydrogens is 292 g/mol. The Morgan fingerprint density at radius 2 is 1.83 bits per heavy atom. The van der Waals surface area contributed by atoms with Gasteiger partial charge in [-0.1, -0.05) is 19.1 Å². The maximum absolute atomic E-state index is 5.68. The van der Waals surface area contributed by atoms with E-state index in [1.807, 2.05) is 36.4 Å². The van der Waals surface area contributed by atoms with Crippen LogP contribution in [0.4, 0.5) is 0 Å². The molecule has 0 spiro atoms. The summed E-state index contributed by atoms with van der Waals surface area (Å²) in [6, 6.07) is 11.7. The van der Waals surface area contributed by atoms with Gasteiger partial charge in [0.05, 0.1) is 31.9 Å². The minimum absolute atomic E-state index is 0.665. The molecule has 0 saturated heterocycles. The molecule has 0 amide bonds. The Morgan fingerprint density at radius 3 is 2.57 bits per heavy atom. The summed E-state index contributed by atoms with van der Waals surface area (Å²) in [5.41, 5.74) is 2.71. The van der Waals surface area contributed by atoms with E-state index in [0.29, 0.717) is 18.1 Å². The zero-order chi connectivity index (χ0) is 16.2. The molecule has 0 bridgehead atoms. The molecule has 2 aromatic carbocycles. The van der Waals surface area contributed by atoms with Crippen molar-refractivity contribution in [2.75, 3.05) is 20.8 Å². The molecule has 0 aliphatic heterocycles. The molecule has 1 aromatic heterocycles. The maximum Gasteiger partial charge on any atom is 0.163 e. The van der Waals surface area contributed by atoms with E-state index in [1.54, 1.807) is 14.2 Å². The summed E-state index contributed by atoms with van der Waals surface area (Å²) in [5, 5.41) is 0. The summed E-state index contributed by atoms with van der Waals surface area (Å²) in [4.78, 5) is 7.96. The van der Waals surface area contributed by atoms with Gasteiger partial charge in [-0.05, 0) is 18.6 Å². The van der Waals surface area contributed by atoms with E-state index in [0.717, 1.165) is 34.6 Å². The Balaban J connectivity index is 2.00. The molecule has 23 heavy (non-hydrogen) atoms. The normalized spacial score (nSPS) is 10.7. The summed E-state index contributed by atoms with van der Waals surface area (Å²) >= 11 is 0. The van der Waals surface area contributed by atoms with Crippen molar-refractivity contribution in [2.24, 2.45) is 0 Å². The van der Waals surface area contributed by atoms with Crippen molar-refractivity contribution >= 4 is 11.0 Å². The van der Waals surface area contributed by atoms with E-state index in [4.69, 9.17) is 14.2 Å². The lowest BCUT2D eigenvalue weighted by Gasteiger charge is -2.06. The second-order valence-corrected chi connectivity index (χ2v) is 5.19. The number of H-pyrrole nitrogens is 1. The number of aromatic amines is 1. The Kier molecular flexibility index (Phi) is 4.37. The second-order valence-electron chi connectivity index (χ2n) is 5.19. The smallest absolute Gasteiger partial charge is 0.163 e. The van der Waals surface area contributed by atoms with Crippen LogP contribution in [0.25, 0.3) is 22.4 Å². The van der Waals surface area contributed by atoms with Crippen LogP contribution in [0.5, 0.6) is 17.2 Å². The van der Waals surface area contributed by atoms with Crippen LogP contribution in [0.3, 0.4) is 0 Å². The van der Waals surface area contributed by atoms with Crippen molar-refractivity contribution in [2.45, 2.75) is 13.3 Å². The van der Waals surface area contributed by atoms with Gasteiger partial charge in [0.2, 0.25) is 0 Å². The van der Waals surface area contributed by atoms with Crippen LogP contribution in [-0.2, 0) is 0 Å². The quantitative estimate of drug-likeness (QED) is 0.746. The summed E-state index contributed by atoms with van der Waals surface area (Å²) in [6.45, 7) is 2.79. The molecule has 1 N–H and O–H groups in total. The van der Waals surface area contributed by atoms with Crippen LogP contribution in [0.2, 0.25) is 0 Å². The van der Waals surface area contributed by atoms with Gasteiger partial charge in [0.25, 0.3) is 0 Å². The van der Waals surface area contributed by atoms with E-state index in [1.165, 1.54) is 0 Å². The van der Waals surface area contributed by atoms with Gasteiger partial charge in [0.15, 0.2) is 11.5 Å². The highest BCUT2D eigenvalue weighted by Gasteiger charge is 2.11. The van der Waals surface area contributed by atoms with Gasteiger partial charge in [-0.15, -0.1) is 0 Å². The molecule has 0 saturated carbocycles. The number of hydrogen-bond acceptors (Lipinski definition) is 4. The zero-order valence-corrected chi connectivity index (χ0v) is 13.6. The lowest BCUT2D eigenvalue weighted by atomic mass is 10.2. The van der Waals surface area contributed by atoms with E-state index in [9.17, 15) is 0 Å². The minimum atomic E-state index is 0.665. The number of rotatable bonds is 6. The SMILES string of the molecule is CCCOc1cccc(-c2nc3cc(OC)c(OC)cc3[nH]2)c1. The number of nitrogens with one attached hydrogen (secondary N) is 1. The fourth-order valence-electron chi connectivity index (χ4n) is 2.43. The summed E-state index contributed by atoms with van der Waals surface area (Å²) in [7, 11) is 3.24. The minimum Gasteiger partial charge on any atom is -0.494 e. The third kappa shape index (κ3) is 3.08. The highest BCUT2D eigenvalue weighted by Crippen LogP contribution is 2.33. The number of imidazole rings is 1. The molecule has 0 atom stereocenters. The largest absolute Gasteiger partial charge is 0.494 e. The molecule has 0 aliphatic rings. The Labute approximate surface area is 135 Å². The number of aromatic nitrogens is 2. The maximum atomic E-state index is 5.68. The number of benzene rings is 2. The fraction of sp³-hybridized carbons (Fsp3) is 0.278. The van der Waals surface area contributed by atoms with Crippen LogP contribution in [0, 0.1) is 0 Å². The van der Waals surface area contributed by atoms with Gasteiger partial charge >= 0.3 is 0 Å². The van der Waals surface area contributed by atoms with Crippen LogP contribution in [0.15, 0.2) is 36.4 Å². The number of methoxy groups -OCH3 is 2. The van der Waals surface area contributed by atoms with Gasteiger partial charge in [-0.3, -0.25) is 0 Å². The first-order valence-corrected chi connectivity index (χ1v) is 7.60. The molecule has 3 rings (SSSR count). The van der Waals surface area contributed by atoms with E-state index in [-0.39, 0.29) is 0 Å². The standard InChI is InChI=1S/C18H20N2O3/c1-4-8-23-13-7-5-6-12(9-13)18-19-14-10-16(21-2)17(22-3)11-15(14)20-18/h5-7,9-11H,4,8H2,1-3H3,(H,19,20). The van der Waals surface area contributed by atoms with E-state index in [2.05, 4.69) is 16.9 Å². The Hall–Kier alpha value is -2.69. The third-order valence-corrected chi connectivity index (χ3v) is 3.57. The molecule has 0 unspecified atom stereocenters. The summed E-state index contributed by atoms with van der Waals surface area (Å²) in [6.07, 6.45) is 0.981. The van der Waals surface area contributed by atoms with Crippen molar-refractivity contribution in [3.63, 3.8) is 0 Å². The zero-order valence-electron chi connectivity index (χ0n) is 13.6. The Bertz CT molecular complexity index is 770. The van der Waals surface area contributed by atoms with Crippen molar-refractivity contribution in [3.8, 4) is 28.6 Å². The molecule has 1 heterocycles. The monoisotopic (exact) mass is 312 g/mol. The third-order valence-electron chi connectivity index (χ3n) is 3.57. The van der Waals surface area contributed by atoms with Crippen molar-refractivity contribution < 1.29 is 14.2 Å². The first-order valence-electron chi connectivity index (χ1n) is 7.60. The number of ether oxygens (including phenoxy) is 3.